The molecule has 0 aliphatic heterocycles. The molecular weight excluding hydrogens is 358 g/mol. The summed E-state index contributed by atoms with van der Waals surface area (Å²) in [7, 11) is 1.78. The van der Waals surface area contributed by atoms with E-state index in [1.54, 1.807) is 24.1 Å². The van der Waals surface area contributed by atoms with Gasteiger partial charge >= 0.3 is 6.03 Å². The zero-order valence-corrected chi connectivity index (χ0v) is 16.0. The number of hydrogen-bond acceptors (Lipinski definition) is 3. The summed E-state index contributed by atoms with van der Waals surface area (Å²) in [4.78, 5) is 27.0. The van der Waals surface area contributed by atoms with Crippen molar-refractivity contribution in [2.24, 2.45) is 0 Å². The number of aryl methyl sites for hydroxylation is 1. The number of amides is 3. The van der Waals surface area contributed by atoms with Gasteiger partial charge in [0.2, 0.25) is 0 Å². The number of carbonyl (C=O) groups is 2. The smallest absolute Gasteiger partial charge is 0.324 e. The van der Waals surface area contributed by atoms with E-state index >= 15 is 0 Å². The van der Waals surface area contributed by atoms with Crippen LogP contribution in [0.4, 0.5) is 15.5 Å². The molecule has 0 atom stereocenters. The number of carbonyl (C=O) groups excluding carboxylic acids is 2. The van der Waals surface area contributed by atoms with Crippen LogP contribution in [0.3, 0.4) is 0 Å². The third-order valence-corrected chi connectivity index (χ3v) is 5.09. The first-order valence-electron chi connectivity index (χ1n) is 8.56. The van der Waals surface area contributed by atoms with Crippen molar-refractivity contribution < 1.29 is 9.59 Å². The maximum Gasteiger partial charge on any atom is 0.324 e. The van der Waals surface area contributed by atoms with Crippen LogP contribution in [-0.4, -0.2) is 23.9 Å². The van der Waals surface area contributed by atoms with Crippen LogP contribution in [-0.2, 0) is 6.54 Å². The zero-order valence-electron chi connectivity index (χ0n) is 15.2. The van der Waals surface area contributed by atoms with Crippen LogP contribution in [0, 0.1) is 6.92 Å². The topological polar surface area (TPSA) is 61.4 Å². The Hall–Kier alpha value is -3.12. The number of urea groups is 1. The Balaban J connectivity index is 1.60. The number of nitrogens with zero attached hydrogens (tertiary/aromatic N) is 1. The van der Waals surface area contributed by atoms with Crippen LogP contribution in [0.1, 0.15) is 20.8 Å². The van der Waals surface area contributed by atoms with Crippen molar-refractivity contribution in [2.45, 2.75) is 13.5 Å². The minimum Gasteiger partial charge on any atom is -0.337 e. The largest absolute Gasteiger partial charge is 0.337 e. The van der Waals surface area contributed by atoms with Gasteiger partial charge in [-0.25, -0.2) is 4.79 Å². The van der Waals surface area contributed by atoms with Gasteiger partial charge in [0, 0.05) is 19.3 Å². The molecule has 3 amide bonds. The molecule has 138 valence electrons. The van der Waals surface area contributed by atoms with Crippen LogP contribution in [0.25, 0.3) is 0 Å². The van der Waals surface area contributed by atoms with Gasteiger partial charge in [-0.2, -0.15) is 0 Å². The highest BCUT2D eigenvalue weighted by Crippen LogP contribution is 2.24. The second-order valence-corrected chi connectivity index (χ2v) is 7.28. The van der Waals surface area contributed by atoms with Crippen LogP contribution >= 0.6 is 11.3 Å². The molecule has 0 bridgehead atoms. The summed E-state index contributed by atoms with van der Waals surface area (Å²) in [5.74, 6) is -0.0697. The SMILES string of the molecule is Cc1ccccc1CN(C)C(=O)c1ccc(NC(=O)Nc2ccccc2)s1. The molecule has 0 unspecified atom stereocenters. The molecule has 3 aromatic rings. The molecule has 0 radical (unpaired) electrons. The van der Waals surface area contributed by atoms with Gasteiger partial charge in [0.05, 0.1) is 9.88 Å². The summed E-state index contributed by atoms with van der Waals surface area (Å²) in [5.41, 5.74) is 2.98. The van der Waals surface area contributed by atoms with Crippen molar-refractivity contribution in [1.82, 2.24) is 4.90 Å². The van der Waals surface area contributed by atoms with Gasteiger partial charge in [0.1, 0.15) is 0 Å². The standard InChI is InChI=1S/C21H21N3O2S/c1-15-8-6-7-9-16(15)14-24(2)20(25)18-12-13-19(27-18)23-21(26)22-17-10-4-3-5-11-17/h3-13H,14H2,1-2H3,(H2,22,23,26). The van der Waals surface area contributed by atoms with E-state index in [1.165, 1.54) is 11.3 Å². The first-order valence-corrected chi connectivity index (χ1v) is 9.37. The average molecular weight is 379 g/mol. The lowest BCUT2D eigenvalue weighted by Gasteiger charge is -2.17. The number of anilines is 2. The zero-order chi connectivity index (χ0) is 19.2. The predicted molar refractivity (Wildman–Crippen MR) is 110 cm³/mol. The molecule has 3 rings (SSSR count). The predicted octanol–water partition coefficient (Wildman–Crippen LogP) is 4.97. The number of nitrogens with one attached hydrogen (secondary N) is 2. The third kappa shape index (κ3) is 4.95. The van der Waals surface area contributed by atoms with Crippen molar-refractivity contribution in [3.63, 3.8) is 0 Å². The first-order chi connectivity index (χ1) is 13.0. The summed E-state index contributed by atoms with van der Waals surface area (Å²) in [6.07, 6.45) is 0. The lowest BCUT2D eigenvalue weighted by atomic mass is 10.1. The molecule has 27 heavy (non-hydrogen) atoms. The fourth-order valence-electron chi connectivity index (χ4n) is 2.62. The minimum atomic E-state index is -0.338. The Labute approximate surface area is 162 Å². The maximum absolute atomic E-state index is 12.7. The van der Waals surface area contributed by atoms with E-state index in [9.17, 15) is 9.59 Å². The van der Waals surface area contributed by atoms with E-state index in [0.29, 0.717) is 22.1 Å². The number of benzene rings is 2. The molecule has 0 saturated carbocycles. The summed E-state index contributed by atoms with van der Waals surface area (Å²) in [5, 5.41) is 6.13. The Bertz CT molecular complexity index is 937. The molecular formula is C21H21N3O2S. The number of rotatable bonds is 5. The average Bonchev–Trinajstić information content (AvgIpc) is 3.12. The highest BCUT2D eigenvalue weighted by Gasteiger charge is 2.16. The minimum absolute atomic E-state index is 0.0697. The molecule has 0 spiro atoms. The summed E-state index contributed by atoms with van der Waals surface area (Å²) < 4.78 is 0. The quantitative estimate of drug-likeness (QED) is 0.657. The molecule has 1 aromatic heterocycles. The fourth-order valence-corrected chi connectivity index (χ4v) is 3.51. The number of thiophene rings is 1. The lowest BCUT2D eigenvalue weighted by Crippen LogP contribution is -2.25. The van der Waals surface area contributed by atoms with Crippen molar-refractivity contribution in [2.75, 3.05) is 17.7 Å². The molecule has 0 fully saturated rings. The fraction of sp³-hybridized carbons (Fsp3) is 0.143. The van der Waals surface area contributed by atoms with E-state index < -0.39 is 0 Å². The molecule has 1 heterocycles. The van der Waals surface area contributed by atoms with Crippen molar-refractivity contribution >= 4 is 34.0 Å². The summed E-state index contributed by atoms with van der Waals surface area (Å²) in [6, 6.07) is 20.3. The van der Waals surface area contributed by atoms with Gasteiger partial charge in [-0.05, 0) is 42.3 Å². The van der Waals surface area contributed by atoms with Crippen molar-refractivity contribution in [1.29, 1.82) is 0 Å². The summed E-state index contributed by atoms with van der Waals surface area (Å²) >= 11 is 1.26. The monoisotopic (exact) mass is 379 g/mol. The van der Waals surface area contributed by atoms with Gasteiger partial charge < -0.3 is 10.2 Å². The highest BCUT2D eigenvalue weighted by molar-refractivity contribution is 7.18. The number of hydrogen-bond donors (Lipinski definition) is 2. The van der Waals surface area contributed by atoms with Crippen LogP contribution in [0.5, 0.6) is 0 Å². The summed E-state index contributed by atoms with van der Waals surface area (Å²) in [6.45, 7) is 2.58. The second kappa shape index (κ2) is 8.51. The van der Waals surface area contributed by atoms with Gasteiger partial charge in [-0.15, -0.1) is 11.3 Å². The van der Waals surface area contributed by atoms with Gasteiger partial charge in [-0.3, -0.25) is 10.1 Å². The molecule has 0 saturated heterocycles. The molecule has 2 aromatic carbocycles. The lowest BCUT2D eigenvalue weighted by molar-refractivity contribution is 0.0789. The van der Waals surface area contributed by atoms with E-state index in [0.717, 1.165) is 11.1 Å². The van der Waals surface area contributed by atoms with Crippen molar-refractivity contribution in [3.8, 4) is 0 Å². The van der Waals surface area contributed by atoms with Crippen LogP contribution in [0.15, 0.2) is 66.7 Å². The van der Waals surface area contributed by atoms with Gasteiger partial charge in [-0.1, -0.05) is 42.5 Å². The van der Waals surface area contributed by atoms with E-state index in [1.807, 2.05) is 61.5 Å². The van der Waals surface area contributed by atoms with Crippen LogP contribution < -0.4 is 10.6 Å². The number of para-hydroxylation sites is 1. The Morgan fingerprint density at radius 2 is 1.63 bits per heavy atom. The normalized spacial score (nSPS) is 10.3. The highest BCUT2D eigenvalue weighted by atomic mass is 32.1. The first kappa shape index (κ1) is 18.7. The van der Waals surface area contributed by atoms with Crippen molar-refractivity contribution in [3.05, 3.63) is 82.7 Å². The van der Waals surface area contributed by atoms with E-state index in [2.05, 4.69) is 10.6 Å². The molecule has 6 heteroatoms. The Morgan fingerprint density at radius 1 is 0.926 bits per heavy atom. The third-order valence-electron chi connectivity index (χ3n) is 4.10. The van der Waals surface area contributed by atoms with Crippen LogP contribution in [0.2, 0.25) is 0 Å². The second-order valence-electron chi connectivity index (χ2n) is 6.20. The molecule has 2 N–H and O–H groups in total. The van der Waals surface area contributed by atoms with E-state index in [-0.39, 0.29) is 11.9 Å². The Morgan fingerprint density at radius 3 is 2.37 bits per heavy atom. The van der Waals surface area contributed by atoms with E-state index in [4.69, 9.17) is 0 Å². The molecule has 5 nitrogen and oxygen atoms in total. The van der Waals surface area contributed by atoms with Gasteiger partial charge in [0.25, 0.3) is 5.91 Å². The molecule has 0 aliphatic rings. The Kier molecular flexibility index (Phi) is 5.88. The maximum atomic E-state index is 12.7. The molecule has 0 aliphatic carbocycles. The van der Waals surface area contributed by atoms with Gasteiger partial charge in [0.15, 0.2) is 0 Å².